The first-order valence-corrected chi connectivity index (χ1v) is 6.02. The molecule has 0 aliphatic heterocycles. The molecule has 0 N–H and O–H groups in total. The van der Waals surface area contributed by atoms with Gasteiger partial charge in [0, 0.05) is 5.56 Å². The van der Waals surface area contributed by atoms with Crippen LogP contribution in [0.1, 0.15) is 15.9 Å². The van der Waals surface area contributed by atoms with Crippen molar-refractivity contribution in [2.24, 2.45) is 0 Å². The van der Waals surface area contributed by atoms with E-state index in [9.17, 15) is 25.0 Å². The first kappa shape index (κ1) is 14.6. The Morgan fingerprint density at radius 1 is 0.905 bits per heavy atom. The molecule has 0 amide bonds. The summed E-state index contributed by atoms with van der Waals surface area (Å²) in [6.07, 6.45) is 0. The zero-order chi connectivity index (χ0) is 15.6. The first-order valence-electron chi connectivity index (χ1n) is 5.64. The standard InChI is InChI=1S/C13H7ClN2O5/c14-10-7-6-9(11(15(18)19)12(10)16(20)21)13(17)8-4-2-1-3-5-8/h1-7H. The maximum absolute atomic E-state index is 12.3. The van der Waals surface area contributed by atoms with E-state index < -0.39 is 32.0 Å². The van der Waals surface area contributed by atoms with Crippen LogP contribution in [0, 0.1) is 20.2 Å². The highest BCUT2D eigenvalue weighted by Crippen LogP contribution is 2.38. The summed E-state index contributed by atoms with van der Waals surface area (Å²) in [7, 11) is 0. The van der Waals surface area contributed by atoms with E-state index in [4.69, 9.17) is 11.6 Å². The lowest BCUT2D eigenvalue weighted by atomic mass is 10.0. The van der Waals surface area contributed by atoms with Gasteiger partial charge in [0.2, 0.25) is 0 Å². The minimum absolute atomic E-state index is 0.192. The van der Waals surface area contributed by atoms with Crippen molar-refractivity contribution in [3.8, 4) is 0 Å². The van der Waals surface area contributed by atoms with Crippen LogP contribution in [0.15, 0.2) is 42.5 Å². The highest BCUT2D eigenvalue weighted by molar-refractivity contribution is 6.33. The number of rotatable bonds is 4. The lowest BCUT2D eigenvalue weighted by molar-refractivity contribution is -0.422. The van der Waals surface area contributed by atoms with E-state index in [1.165, 1.54) is 12.1 Å². The highest BCUT2D eigenvalue weighted by atomic mass is 35.5. The molecule has 0 aromatic heterocycles. The van der Waals surface area contributed by atoms with Crippen LogP contribution in [-0.4, -0.2) is 15.6 Å². The molecule has 7 nitrogen and oxygen atoms in total. The maximum Gasteiger partial charge on any atom is 0.365 e. The van der Waals surface area contributed by atoms with E-state index >= 15 is 0 Å². The van der Waals surface area contributed by atoms with Crippen LogP contribution in [0.25, 0.3) is 0 Å². The Hall–Kier alpha value is -2.80. The lowest BCUT2D eigenvalue weighted by Gasteiger charge is -2.04. The SMILES string of the molecule is O=C(c1ccccc1)c1ccc(Cl)c([N+](=O)[O-])c1[N+](=O)[O-]. The number of carbonyl (C=O) groups is 1. The average Bonchev–Trinajstić information content (AvgIpc) is 2.46. The maximum atomic E-state index is 12.3. The fraction of sp³-hybridized carbons (Fsp3) is 0. The second-order valence-corrected chi connectivity index (χ2v) is 4.41. The van der Waals surface area contributed by atoms with Gasteiger partial charge in [-0.1, -0.05) is 41.9 Å². The molecule has 8 heteroatoms. The van der Waals surface area contributed by atoms with Gasteiger partial charge >= 0.3 is 11.4 Å². The molecule has 0 aliphatic carbocycles. The molecule has 0 heterocycles. The molecule has 0 atom stereocenters. The molecule has 0 spiro atoms. The van der Waals surface area contributed by atoms with Crippen molar-refractivity contribution >= 4 is 28.8 Å². The van der Waals surface area contributed by atoms with Crippen LogP contribution in [0.4, 0.5) is 11.4 Å². The fourth-order valence-corrected chi connectivity index (χ4v) is 2.06. The van der Waals surface area contributed by atoms with Gasteiger partial charge in [-0.05, 0) is 12.1 Å². The van der Waals surface area contributed by atoms with Gasteiger partial charge in [-0.3, -0.25) is 25.0 Å². The Kier molecular flexibility index (Phi) is 3.95. The van der Waals surface area contributed by atoms with Crippen molar-refractivity contribution in [3.05, 3.63) is 78.8 Å². The number of nitro benzene ring substituents is 2. The predicted octanol–water partition coefficient (Wildman–Crippen LogP) is 3.39. The first-order chi connectivity index (χ1) is 9.93. The Bertz CT molecular complexity index is 746. The fourth-order valence-electron chi connectivity index (χ4n) is 1.84. The Morgan fingerprint density at radius 2 is 1.48 bits per heavy atom. The molecule has 106 valence electrons. The molecule has 2 aromatic carbocycles. The lowest BCUT2D eigenvalue weighted by Crippen LogP contribution is -2.08. The van der Waals surface area contributed by atoms with E-state index in [1.54, 1.807) is 18.2 Å². The molecule has 0 saturated carbocycles. The van der Waals surface area contributed by atoms with Gasteiger partial charge < -0.3 is 0 Å². The van der Waals surface area contributed by atoms with Gasteiger partial charge in [0.1, 0.15) is 10.6 Å². The Balaban J connectivity index is 2.70. The number of ketones is 1. The molecule has 0 radical (unpaired) electrons. The van der Waals surface area contributed by atoms with Crippen LogP contribution in [0.3, 0.4) is 0 Å². The number of benzene rings is 2. The van der Waals surface area contributed by atoms with Crippen LogP contribution in [-0.2, 0) is 0 Å². The number of halogens is 1. The van der Waals surface area contributed by atoms with Gasteiger partial charge in [-0.25, -0.2) is 0 Å². The molecule has 0 aliphatic rings. The topological polar surface area (TPSA) is 103 Å². The zero-order valence-corrected chi connectivity index (χ0v) is 11.1. The third-order valence-corrected chi connectivity index (χ3v) is 3.05. The zero-order valence-electron chi connectivity index (χ0n) is 10.4. The van der Waals surface area contributed by atoms with Gasteiger partial charge in [0.05, 0.1) is 9.85 Å². The summed E-state index contributed by atoms with van der Waals surface area (Å²) >= 11 is 5.63. The van der Waals surface area contributed by atoms with E-state index in [1.807, 2.05) is 0 Å². The number of carbonyl (C=O) groups excluding carboxylic acids is 1. The van der Waals surface area contributed by atoms with Crippen LogP contribution < -0.4 is 0 Å². The summed E-state index contributed by atoms with van der Waals surface area (Å²) in [6, 6.07) is 9.99. The van der Waals surface area contributed by atoms with Crippen molar-refractivity contribution in [2.45, 2.75) is 0 Å². The summed E-state index contributed by atoms with van der Waals surface area (Å²) in [6.45, 7) is 0. The Labute approximate surface area is 123 Å². The molecule has 2 aromatic rings. The molecule has 2 rings (SSSR count). The summed E-state index contributed by atoms with van der Waals surface area (Å²) < 4.78 is 0. The van der Waals surface area contributed by atoms with Crippen LogP contribution in [0.5, 0.6) is 0 Å². The van der Waals surface area contributed by atoms with Crippen molar-refractivity contribution in [2.75, 3.05) is 0 Å². The van der Waals surface area contributed by atoms with Gasteiger partial charge in [0.15, 0.2) is 5.78 Å². The largest absolute Gasteiger partial charge is 0.365 e. The third-order valence-electron chi connectivity index (χ3n) is 2.75. The van der Waals surface area contributed by atoms with Gasteiger partial charge in [-0.2, -0.15) is 0 Å². The Morgan fingerprint density at radius 3 is 2.00 bits per heavy atom. The minimum Gasteiger partial charge on any atom is -0.288 e. The second-order valence-electron chi connectivity index (χ2n) is 4.00. The monoisotopic (exact) mass is 306 g/mol. The van der Waals surface area contributed by atoms with Crippen molar-refractivity contribution in [3.63, 3.8) is 0 Å². The third kappa shape index (κ3) is 2.72. The number of nitrogens with zero attached hydrogens (tertiary/aromatic N) is 2. The van der Waals surface area contributed by atoms with E-state index in [0.717, 1.165) is 12.1 Å². The average molecular weight is 307 g/mol. The van der Waals surface area contributed by atoms with Gasteiger partial charge in [-0.15, -0.1) is 0 Å². The molecule has 21 heavy (non-hydrogen) atoms. The van der Waals surface area contributed by atoms with Crippen molar-refractivity contribution < 1.29 is 14.6 Å². The van der Waals surface area contributed by atoms with Crippen LogP contribution in [0.2, 0.25) is 5.02 Å². The smallest absolute Gasteiger partial charge is 0.288 e. The molecule has 0 unspecified atom stereocenters. The molecule has 0 saturated heterocycles. The second kappa shape index (κ2) is 5.68. The minimum atomic E-state index is -0.972. The number of hydrogen-bond acceptors (Lipinski definition) is 5. The molecule has 0 bridgehead atoms. The van der Waals surface area contributed by atoms with Crippen molar-refractivity contribution in [1.29, 1.82) is 0 Å². The van der Waals surface area contributed by atoms with E-state index in [2.05, 4.69) is 0 Å². The summed E-state index contributed by atoms with van der Waals surface area (Å²) in [5.74, 6) is -0.679. The van der Waals surface area contributed by atoms with E-state index in [-0.39, 0.29) is 11.1 Å². The number of nitro groups is 2. The van der Waals surface area contributed by atoms with Crippen molar-refractivity contribution in [1.82, 2.24) is 0 Å². The quantitative estimate of drug-likeness (QED) is 0.489. The van der Waals surface area contributed by atoms with E-state index in [0.29, 0.717) is 0 Å². The summed E-state index contributed by atoms with van der Waals surface area (Å²) in [5, 5.41) is 21.7. The molecule has 0 fully saturated rings. The number of hydrogen-bond donors (Lipinski definition) is 0. The summed E-state index contributed by atoms with van der Waals surface area (Å²) in [4.78, 5) is 32.4. The predicted molar refractivity (Wildman–Crippen MR) is 74.6 cm³/mol. The highest BCUT2D eigenvalue weighted by Gasteiger charge is 2.34. The van der Waals surface area contributed by atoms with Gasteiger partial charge in [0.25, 0.3) is 0 Å². The molecular formula is C13H7ClN2O5. The van der Waals surface area contributed by atoms with Crippen LogP contribution >= 0.6 is 11.6 Å². The summed E-state index contributed by atoms with van der Waals surface area (Å²) in [5.41, 5.74) is -1.97. The molecular weight excluding hydrogens is 300 g/mol. The normalized spacial score (nSPS) is 10.1.